The minimum Gasteiger partial charge on any atom is -0.493 e. The summed E-state index contributed by atoms with van der Waals surface area (Å²) in [5.74, 6) is 1.52. The molecule has 34 heavy (non-hydrogen) atoms. The van der Waals surface area contributed by atoms with E-state index in [1.165, 1.54) is 32.7 Å². The van der Waals surface area contributed by atoms with Crippen LogP contribution < -0.4 is 24.8 Å². The number of anilines is 1. The molecule has 0 aliphatic rings. The van der Waals surface area contributed by atoms with Gasteiger partial charge < -0.3 is 19.5 Å². The highest BCUT2D eigenvalue weighted by molar-refractivity contribution is 7.80. The van der Waals surface area contributed by atoms with E-state index in [9.17, 15) is 4.79 Å². The van der Waals surface area contributed by atoms with Crippen molar-refractivity contribution in [3.05, 3.63) is 47.8 Å². The zero-order valence-corrected chi connectivity index (χ0v) is 20.5. The van der Waals surface area contributed by atoms with E-state index in [1.54, 1.807) is 16.6 Å². The summed E-state index contributed by atoms with van der Waals surface area (Å²) in [6, 6.07) is 10.7. The maximum absolute atomic E-state index is 12.8. The second-order valence-corrected chi connectivity index (χ2v) is 8.34. The number of aryl methyl sites for hydroxylation is 1. The molecular weight excluding hydrogens is 476 g/mol. The van der Waals surface area contributed by atoms with Crippen LogP contribution in [0.4, 0.5) is 5.69 Å². The number of carbonyl (C=O) groups is 1. The summed E-state index contributed by atoms with van der Waals surface area (Å²) in [4.78, 5) is 13.5. The van der Waals surface area contributed by atoms with Crippen molar-refractivity contribution in [2.75, 3.05) is 26.6 Å². The highest BCUT2D eigenvalue weighted by atomic mass is 32.1. The van der Waals surface area contributed by atoms with Crippen molar-refractivity contribution in [2.24, 2.45) is 0 Å². The van der Waals surface area contributed by atoms with E-state index < -0.39 is 5.91 Å². The fourth-order valence-electron chi connectivity index (χ4n) is 3.27. The molecule has 0 saturated heterocycles. The molecule has 0 unspecified atom stereocenters. The van der Waals surface area contributed by atoms with E-state index in [2.05, 4.69) is 25.9 Å². The van der Waals surface area contributed by atoms with Crippen LogP contribution in [0.1, 0.15) is 23.1 Å². The lowest BCUT2D eigenvalue weighted by molar-refractivity contribution is 0.0977. The van der Waals surface area contributed by atoms with Crippen LogP contribution in [0.25, 0.3) is 15.5 Å². The van der Waals surface area contributed by atoms with Crippen LogP contribution in [0.2, 0.25) is 0 Å². The molecule has 0 bridgehead atoms. The van der Waals surface area contributed by atoms with Gasteiger partial charge in [0, 0.05) is 23.2 Å². The monoisotopic (exact) mass is 498 g/mol. The summed E-state index contributed by atoms with van der Waals surface area (Å²) >= 11 is 6.80. The number of amides is 1. The predicted molar refractivity (Wildman–Crippen MR) is 133 cm³/mol. The van der Waals surface area contributed by atoms with Crippen LogP contribution in [-0.2, 0) is 6.42 Å². The zero-order chi connectivity index (χ0) is 24.2. The van der Waals surface area contributed by atoms with Gasteiger partial charge >= 0.3 is 0 Å². The predicted octanol–water partition coefficient (Wildman–Crippen LogP) is 3.57. The Morgan fingerprint density at radius 2 is 1.82 bits per heavy atom. The number of hydrogen-bond donors (Lipinski definition) is 2. The molecule has 0 aliphatic heterocycles. The van der Waals surface area contributed by atoms with Crippen LogP contribution in [0.5, 0.6) is 17.2 Å². The molecule has 12 heteroatoms. The van der Waals surface area contributed by atoms with E-state index in [0.717, 1.165) is 27.8 Å². The van der Waals surface area contributed by atoms with Gasteiger partial charge in [0.05, 0.1) is 21.3 Å². The van der Waals surface area contributed by atoms with Gasteiger partial charge in [0.2, 0.25) is 10.7 Å². The first-order valence-corrected chi connectivity index (χ1v) is 11.4. The Bertz CT molecular complexity index is 1340. The Morgan fingerprint density at radius 1 is 1.09 bits per heavy atom. The van der Waals surface area contributed by atoms with E-state index in [4.69, 9.17) is 26.4 Å². The number of carbonyl (C=O) groups excluding carboxylic acids is 1. The molecule has 0 saturated carbocycles. The van der Waals surface area contributed by atoms with Gasteiger partial charge in [0.25, 0.3) is 5.91 Å². The molecule has 0 aliphatic carbocycles. The Labute approximate surface area is 204 Å². The fourth-order valence-corrected chi connectivity index (χ4v) is 4.34. The van der Waals surface area contributed by atoms with Gasteiger partial charge in [-0.05, 0) is 36.5 Å². The third-order valence-electron chi connectivity index (χ3n) is 4.89. The molecule has 2 N–H and O–H groups in total. The maximum atomic E-state index is 12.8. The van der Waals surface area contributed by atoms with Crippen molar-refractivity contribution in [3.63, 3.8) is 0 Å². The number of benzene rings is 2. The second-order valence-electron chi connectivity index (χ2n) is 6.97. The first-order chi connectivity index (χ1) is 16.5. The van der Waals surface area contributed by atoms with Crippen LogP contribution >= 0.6 is 23.6 Å². The number of nitrogens with one attached hydrogen (secondary N) is 2. The molecule has 0 atom stereocenters. The summed E-state index contributed by atoms with van der Waals surface area (Å²) in [7, 11) is 4.46. The van der Waals surface area contributed by atoms with Crippen molar-refractivity contribution in [1.29, 1.82) is 0 Å². The molecule has 4 rings (SSSR count). The standard InChI is InChI=1S/C22H22N6O4S2/c1-5-17-25-26-22-28(17)27-20(34-22)12-7-6-8-14(9-12)23-21(33)24-19(29)13-10-15(30-2)18(32-4)16(11-13)31-3/h6-11H,5H2,1-4H3,(H2,23,24,29,33). The van der Waals surface area contributed by atoms with Crippen LogP contribution in [0.15, 0.2) is 36.4 Å². The van der Waals surface area contributed by atoms with Crippen LogP contribution in [0, 0.1) is 0 Å². The minimum atomic E-state index is -0.423. The van der Waals surface area contributed by atoms with E-state index in [1.807, 2.05) is 31.2 Å². The smallest absolute Gasteiger partial charge is 0.257 e. The molecular formula is C22H22N6O4S2. The van der Waals surface area contributed by atoms with Crippen molar-refractivity contribution in [3.8, 4) is 27.8 Å². The molecule has 1 amide bonds. The first kappa shape index (κ1) is 23.4. The summed E-state index contributed by atoms with van der Waals surface area (Å²) in [6.45, 7) is 2.01. The normalized spacial score (nSPS) is 10.7. The number of hydrogen-bond acceptors (Lipinski definition) is 9. The number of fused-ring (bicyclic) bond motifs is 1. The number of thiocarbonyl (C=S) groups is 1. The van der Waals surface area contributed by atoms with Crippen molar-refractivity contribution in [2.45, 2.75) is 13.3 Å². The lowest BCUT2D eigenvalue weighted by Crippen LogP contribution is -2.34. The number of rotatable bonds is 7. The SMILES string of the molecule is CCc1nnc2sc(-c3cccc(NC(=S)NC(=O)c4cc(OC)c(OC)c(OC)c4)c3)nn12. The quantitative estimate of drug-likeness (QED) is 0.369. The molecule has 2 aromatic heterocycles. The average molecular weight is 499 g/mol. The van der Waals surface area contributed by atoms with Crippen molar-refractivity contribution in [1.82, 2.24) is 25.1 Å². The fraction of sp³-hybridized carbons (Fsp3) is 0.227. The summed E-state index contributed by atoms with van der Waals surface area (Å²) in [5.41, 5.74) is 1.90. The molecule has 2 aromatic carbocycles. The Morgan fingerprint density at radius 3 is 2.47 bits per heavy atom. The highest BCUT2D eigenvalue weighted by Gasteiger charge is 2.18. The molecule has 4 aromatic rings. The lowest BCUT2D eigenvalue weighted by atomic mass is 10.1. The third-order valence-corrected chi connectivity index (χ3v) is 6.05. The molecule has 176 valence electrons. The van der Waals surface area contributed by atoms with Gasteiger partial charge in [-0.15, -0.1) is 10.2 Å². The summed E-state index contributed by atoms with van der Waals surface area (Å²) in [6.07, 6.45) is 0.742. The number of nitrogens with zero attached hydrogens (tertiary/aromatic N) is 4. The Kier molecular flexibility index (Phi) is 6.89. The topological polar surface area (TPSA) is 112 Å². The summed E-state index contributed by atoms with van der Waals surface area (Å²) in [5, 5.41) is 19.5. The molecule has 0 radical (unpaired) electrons. The van der Waals surface area contributed by atoms with Gasteiger partial charge in [-0.1, -0.05) is 30.4 Å². The largest absolute Gasteiger partial charge is 0.493 e. The molecule has 0 fully saturated rings. The zero-order valence-electron chi connectivity index (χ0n) is 18.9. The van der Waals surface area contributed by atoms with Crippen LogP contribution in [0.3, 0.4) is 0 Å². The van der Waals surface area contributed by atoms with Crippen molar-refractivity contribution >= 4 is 45.2 Å². The minimum absolute atomic E-state index is 0.141. The summed E-state index contributed by atoms with van der Waals surface area (Å²) < 4.78 is 17.7. The van der Waals surface area contributed by atoms with E-state index >= 15 is 0 Å². The van der Waals surface area contributed by atoms with Gasteiger partial charge in [0.15, 0.2) is 22.4 Å². The van der Waals surface area contributed by atoms with Gasteiger partial charge in [0.1, 0.15) is 5.01 Å². The highest BCUT2D eigenvalue weighted by Crippen LogP contribution is 2.38. The molecule has 10 nitrogen and oxygen atoms in total. The van der Waals surface area contributed by atoms with Crippen molar-refractivity contribution < 1.29 is 19.0 Å². The van der Waals surface area contributed by atoms with Gasteiger partial charge in [-0.25, -0.2) is 0 Å². The number of ether oxygens (including phenoxy) is 3. The third kappa shape index (κ3) is 4.63. The maximum Gasteiger partial charge on any atom is 0.257 e. The second kappa shape index (κ2) is 10.0. The Balaban J connectivity index is 1.49. The molecule has 2 heterocycles. The van der Waals surface area contributed by atoms with Gasteiger partial charge in [-0.2, -0.15) is 9.61 Å². The van der Waals surface area contributed by atoms with E-state index in [-0.39, 0.29) is 5.11 Å². The lowest BCUT2D eigenvalue weighted by Gasteiger charge is -2.14. The first-order valence-electron chi connectivity index (χ1n) is 10.2. The number of methoxy groups -OCH3 is 3. The Hall–Kier alpha value is -3.77. The number of aromatic nitrogens is 4. The van der Waals surface area contributed by atoms with E-state index in [0.29, 0.717) is 28.5 Å². The molecule has 0 spiro atoms. The van der Waals surface area contributed by atoms with Gasteiger partial charge in [-0.3, -0.25) is 10.1 Å². The van der Waals surface area contributed by atoms with Crippen LogP contribution in [-0.4, -0.2) is 52.2 Å². The average Bonchev–Trinajstić information content (AvgIpc) is 3.44.